The van der Waals surface area contributed by atoms with Crippen LogP contribution in [0, 0.1) is 6.92 Å². The van der Waals surface area contributed by atoms with E-state index in [0.29, 0.717) is 6.61 Å². The van der Waals surface area contributed by atoms with E-state index in [4.69, 9.17) is 4.74 Å². The van der Waals surface area contributed by atoms with Gasteiger partial charge in [0.15, 0.2) is 0 Å². The molecule has 0 amide bonds. The number of aryl methyl sites for hydroxylation is 1. The Hall–Kier alpha value is -1.16. The Morgan fingerprint density at radius 3 is 2.53 bits per heavy atom. The van der Waals surface area contributed by atoms with Gasteiger partial charge in [-0.1, -0.05) is 24.3 Å². The van der Waals surface area contributed by atoms with Crippen LogP contribution in [0.4, 0.5) is 0 Å². The van der Waals surface area contributed by atoms with Crippen molar-refractivity contribution in [3.8, 4) is 0 Å². The van der Waals surface area contributed by atoms with E-state index in [1.807, 2.05) is 18.3 Å². The molecule has 0 spiro atoms. The molecule has 0 unspecified atom stereocenters. The Balaban J connectivity index is 1.88. The quantitative estimate of drug-likeness (QED) is 0.828. The predicted octanol–water partition coefficient (Wildman–Crippen LogP) is 3.88. The van der Waals surface area contributed by atoms with Gasteiger partial charge in [0, 0.05) is 29.5 Å². The molecule has 1 N–H and O–H groups in total. The van der Waals surface area contributed by atoms with Gasteiger partial charge in [-0.25, -0.2) is 0 Å². The molecule has 0 bridgehead atoms. The monoisotopic (exact) mass is 275 g/mol. The van der Waals surface area contributed by atoms with Gasteiger partial charge in [-0.2, -0.15) is 0 Å². The van der Waals surface area contributed by atoms with Gasteiger partial charge in [0.1, 0.15) is 0 Å². The third-order valence-electron chi connectivity index (χ3n) is 2.99. The third-order valence-corrected chi connectivity index (χ3v) is 3.99. The van der Waals surface area contributed by atoms with Crippen LogP contribution in [0.5, 0.6) is 0 Å². The maximum absolute atomic E-state index is 5.50. The molecule has 102 valence electrons. The van der Waals surface area contributed by atoms with Crippen molar-refractivity contribution in [1.82, 2.24) is 5.32 Å². The van der Waals surface area contributed by atoms with E-state index >= 15 is 0 Å². The Morgan fingerprint density at radius 1 is 1.05 bits per heavy atom. The average molecular weight is 275 g/mol. The number of thiophene rings is 1. The largest absolute Gasteiger partial charge is 0.377 e. The Labute approximate surface area is 119 Å². The molecule has 0 saturated heterocycles. The summed E-state index contributed by atoms with van der Waals surface area (Å²) < 4.78 is 5.50. The van der Waals surface area contributed by atoms with Gasteiger partial charge in [0.05, 0.1) is 6.61 Å². The van der Waals surface area contributed by atoms with Crippen LogP contribution in [-0.2, 0) is 24.4 Å². The molecular formula is C16H21NOS. The molecule has 2 nitrogen and oxygen atoms in total. The van der Waals surface area contributed by atoms with Crippen molar-refractivity contribution in [2.45, 2.75) is 33.5 Å². The second-order valence-corrected chi connectivity index (χ2v) is 5.89. The highest BCUT2D eigenvalue weighted by Crippen LogP contribution is 2.15. The van der Waals surface area contributed by atoms with Gasteiger partial charge >= 0.3 is 0 Å². The third kappa shape index (κ3) is 4.46. The molecule has 0 radical (unpaired) electrons. The van der Waals surface area contributed by atoms with E-state index in [0.717, 1.165) is 19.7 Å². The summed E-state index contributed by atoms with van der Waals surface area (Å²) >= 11 is 1.85. The molecule has 1 heterocycles. The first kappa shape index (κ1) is 14.3. The number of hydrogen-bond acceptors (Lipinski definition) is 3. The summed E-state index contributed by atoms with van der Waals surface area (Å²) in [4.78, 5) is 2.76. The van der Waals surface area contributed by atoms with Crippen LogP contribution < -0.4 is 5.32 Å². The van der Waals surface area contributed by atoms with Gasteiger partial charge in [-0.15, -0.1) is 11.3 Å². The smallest absolute Gasteiger partial charge is 0.0719 e. The van der Waals surface area contributed by atoms with Crippen molar-refractivity contribution in [3.63, 3.8) is 0 Å². The lowest BCUT2D eigenvalue weighted by Crippen LogP contribution is -2.13. The lowest BCUT2D eigenvalue weighted by atomic mass is 10.1. The normalized spacial score (nSPS) is 10.8. The molecule has 0 aliphatic heterocycles. The molecule has 2 aromatic rings. The number of benzene rings is 1. The highest BCUT2D eigenvalue weighted by molar-refractivity contribution is 7.11. The highest BCUT2D eigenvalue weighted by Gasteiger charge is 2.02. The Kier molecular flexibility index (Phi) is 5.58. The topological polar surface area (TPSA) is 21.3 Å². The summed E-state index contributed by atoms with van der Waals surface area (Å²) in [7, 11) is 0. The van der Waals surface area contributed by atoms with Crippen molar-refractivity contribution >= 4 is 11.3 Å². The van der Waals surface area contributed by atoms with E-state index in [1.54, 1.807) is 0 Å². The molecule has 2 rings (SSSR count). The Morgan fingerprint density at radius 2 is 1.84 bits per heavy atom. The zero-order valence-electron chi connectivity index (χ0n) is 11.6. The Bertz CT molecular complexity index is 507. The molecule has 0 fully saturated rings. The van der Waals surface area contributed by atoms with E-state index in [9.17, 15) is 0 Å². The van der Waals surface area contributed by atoms with Crippen LogP contribution in [0.25, 0.3) is 0 Å². The number of hydrogen-bond donors (Lipinski definition) is 1. The lowest BCUT2D eigenvalue weighted by Gasteiger charge is -2.10. The molecule has 1 aromatic heterocycles. The fraction of sp³-hybridized carbons (Fsp3) is 0.375. The SMILES string of the molecule is CCOCc1ccccc1CNCc1ccc(C)s1. The molecule has 19 heavy (non-hydrogen) atoms. The van der Waals surface area contributed by atoms with Gasteiger partial charge in [-0.05, 0) is 37.1 Å². The zero-order valence-corrected chi connectivity index (χ0v) is 12.4. The van der Waals surface area contributed by atoms with Gasteiger partial charge in [-0.3, -0.25) is 0 Å². The van der Waals surface area contributed by atoms with Crippen LogP contribution in [0.1, 0.15) is 27.8 Å². The minimum Gasteiger partial charge on any atom is -0.377 e. The van der Waals surface area contributed by atoms with Crippen LogP contribution in [0.3, 0.4) is 0 Å². The minimum absolute atomic E-state index is 0.701. The van der Waals surface area contributed by atoms with Gasteiger partial charge in [0.25, 0.3) is 0 Å². The van der Waals surface area contributed by atoms with Crippen molar-refractivity contribution in [3.05, 3.63) is 57.3 Å². The number of nitrogens with one attached hydrogen (secondary N) is 1. The first-order chi connectivity index (χ1) is 9.29. The maximum Gasteiger partial charge on any atom is 0.0719 e. The lowest BCUT2D eigenvalue weighted by molar-refractivity contribution is 0.133. The van der Waals surface area contributed by atoms with Gasteiger partial charge < -0.3 is 10.1 Å². The standard InChI is InChI=1S/C16H21NOS/c1-3-18-12-15-7-5-4-6-14(15)10-17-11-16-9-8-13(2)19-16/h4-9,17H,3,10-12H2,1-2H3. The summed E-state index contributed by atoms with van der Waals surface area (Å²) in [6.45, 7) is 7.45. The maximum atomic E-state index is 5.50. The van der Waals surface area contributed by atoms with Crippen LogP contribution in [0.2, 0.25) is 0 Å². The van der Waals surface area contributed by atoms with Crippen molar-refractivity contribution < 1.29 is 4.74 Å². The summed E-state index contributed by atoms with van der Waals surface area (Å²) in [6, 6.07) is 12.8. The molecule has 3 heteroatoms. The van der Waals surface area contributed by atoms with E-state index in [2.05, 4.69) is 48.6 Å². The zero-order chi connectivity index (χ0) is 13.5. The molecular weight excluding hydrogens is 254 g/mol. The van der Waals surface area contributed by atoms with Crippen LogP contribution in [0.15, 0.2) is 36.4 Å². The summed E-state index contributed by atoms with van der Waals surface area (Å²) in [5.41, 5.74) is 2.60. The first-order valence-corrected chi connectivity index (χ1v) is 7.52. The van der Waals surface area contributed by atoms with Crippen molar-refractivity contribution in [1.29, 1.82) is 0 Å². The van der Waals surface area contributed by atoms with Crippen LogP contribution >= 0.6 is 11.3 Å². The predicted molar refractivity (Wildman–Crippen MR) is 81.4 cm³/mol. The second-order valence-electron chi connectivity index (χ2n) is 4.52. The highest BCUT2D eigenvalue weighted by atomic mass is 32.1. The van der Waals surface area contributed by atoms with Gasteiger partial charge in [0.2, 0.25) is 0 Å². The number of ether oxygens (including phenoxy) is 1. The first-order valence-electron chi connectivity index (χ1n) is 6.70. The van der Waals surface area contributed by atoms with Crippen molar-refractivity contribution in [2.24, 2.45) is 0 Å². The van der Waals surface area contributed by atoms with Crippen LogP contribution in [-0.4, -0.2) is 6.61 Å². The molecule has 0 aliphatic rings. The minimum atomic E-state index is 0.701. The summed E-state index contributed by atoms with van der Waals surface area (Å²) in [5.74, 6) is 0. The molecule has 1 aromatic carbocycles. The fourth-order valence-electron chi connectivity index (χ4n) is 1.98. The fourth-order valence-corrected chi connectivity index (χ4v) is 2.84. The molecule has 0 atom stereocenters. The summed E-state index contributed by atoms with van der Waals surface area (Å²) in [5, 5.41) is 3.50. The van der Waals surface area contributed by atoms with E-state index in [1.165, 1.54) is 20.9 Å². The molecule has 0 saturated carbocycles. The van der Waals surface area contributed by atoms with E-state index in [-0.39, 0.29) is 0 Å². The number of rotatable bonds is 7. The molecule has 0 aliphatic carbocycles. The van der Waals surface area contributed by atoms with Crippen molar-refractivity contribution in [2.75, 3.05) is 6.61 Å². The second kappa shape index (κ2) is 7.43. The summed E-state index contributed by atoms with van der Waals surface area (Å²) in [6.07, 6.45) is 0. The van der Waals surface area contributed by atoms with E-state index < -0.39 is 0 Å². The average Bonchev–Trinajstić information content (AvgIpc) is 2.83.